The molecule has 0 amide bonds. The summed E-state index contributed by atoms with van der Waals surface area (Å²) in [6, 6.07) is 5.52. The molecule has 1 aromatic carbocycles. The Kier molecular flexibility index (Phi) is 6.01. The number of nitrogens with zero attached hydrogens (tertiary/aromatic N) is 2. The Balaban J connectivity index is 1.79. The third-order valence-corrected chi connectivity index (χ3v) is 3.68. The molecule has 0 saturated heterocycles. The zero-order valence-electron chi connectivity index (χ0n) is 14.1. The van der Waals surface area contributed by atoms with Crippen molar-refractivity contribution in [2.24, 2.45) is 0 Å². The van der Waals surface area contributed by atoms with Crippen molar-refractivity contribution in [3.05, 3.63) is 52.8 Å². The molecule has 0 spiro atoms. The molecule has 0 saturated carbocycles. The van der Waals surface area contributed by atoms with Crippen LogP contribution in [-0.2, 0) is 9.53 Å². The van der Waals surface area contributed by atoms with E-state index >= 15 is 0 Å². The Morgan fingerprint density at radius 2 is 1.71 bits per heavy atom. The maximum absolute atomic E-state index is 12.2. The van der Waals surface area contributed by atoms with Gasteiger partial charge in [0.05, 0.1) is 6.42 Å². The highest BCUT2D eigenvalue weighted by atomic mass is 16.5. The predicted molar refractivity (Wildman–Crippen MR) is 91.1 cm³/mol. The second-order valence-corrected chi connectivity index (χ2v) is 5.58. The molecule has 2 aromatic rings. The SMILES string of the molecule is Cc1cc(C)c(C(=O)COC(=O)CCNc2ncccn2)cc1C. The Labute approximate surface area is 141 Å². The Morgan fingerprint density at radius 3 is 2.42 bits per heavy atom. The van der Waals surface area contributed by atoms with Gasteiger partial charge in [0.1, 0.15) is 0 Å². The van der Waals surface area contributed by atoms with Crippen LogP contribution in [0.5, 0.6) is 0 Å². The minimum Gasteiger partial charge on any atom is -0.457 e. The molecule has 2 rings (SSSR count). The summed E-state index contributed by atoms with van der Waals surface area (Å²) in [4.78, 5) is 31.9. The normalized spacial score (nSPS) is 10.3. The Bertz CT molecular complexity index is 730. The van der Waals surface area contributed by atoms with Crippen molar-refractivity contribution < 1.29 is 14.3 Å². The van der Waals surface area contributed by atoms with Gasteiger partial charge < -0.3 is 10.1 Å². The molecule has 0 aliphatic rings. The number of hydrogen-bond acceptors (Lipinski definition) is 6. The van der Waals surface area contributed by atoms with Crippen LogP contribution in [0.3, 0.4) is 0 Å². The maximum Gasteiger partial charge on any atom is 0.308 e. The van der Waals surface area contributed by atoms with Crippen LogP contribution >= 0.6 is 0 Å². The fraction of sp³-hybridized carbons (Fsp3) is 0.333. The number of rotatable bonds is 7. The molecule has 0 radical (unpaired) electrons. The summed E-state index contributed by atoms with van der Waals surface area (Å²) in [5, 5.41) is 2.91. The van der Waals surface area contributed by atoms with Gasteiger partial charge in [-0.2, -0.15) is 0 Å². The molecular formula is C18H21N3O3. The number of benzene rings is 1. The number of ketones is 1. The lowest BCUT2D eigenvalue weighted by Crippen LogP contribution is -2.18. The summed E-state index contributed by atoms with van der Waals surface area (Å²) < 4.78 is 5.05. The summed E-state index contributed by atoms with van der Waals surface area (Å²) in [6.45, 7) is 5.93. The van der Waals surface area contributed by atoms with Crippen molar-refractivity contribution in [1.29, 1.82) is 0 Å². The average molecular weight is 327 g/mol. The van der Waals surface area contributed by atoms with Gasteiger partial charge in [-0.05, 0) is 49.6 Å². The second kappa shape index (κ2) is 8.19. The summed E-state index contributed by atoms with van der Waals surface area (Å²) >= 11 is 0. The molecule has 6 heteroatoms. The van der Waals surface area contributed by atoms with Gasteiger partial charge in [0.2, 0.25) is 11.7 Å². The van der Waals surface area contributed by atoms with Gasteiger partial charge in [-0.25, -0.2) is 9.97 Å². The molecule has 0 aliphatic carbocycles. The van der Waals surface area contributed by atoms with Gasteiger partial charge in [-0.15, -0.1) is 0 Å². The van der Waals surface area contributed by atoms with E-state index in [-0.39, 0.29) is 18.8 Å². The van der Waals surface area contributed by atoms with E-state index in [9.17, 15) is 9.59 Å². The van der Waals surface area contributed by atoms with Gasteiger partial charge in [-0.1, -0.05) is 6.07 Å². The van der Waals surface area contributed by atoms with Crippen LogP contribution in [-0.4, -0.2) is 34.9 Å². The zero-order chi connectivity index (χ0) is 17.5. The van der Waals surface area contributed by atoms with E-state index in [0.717, 1.165) is 16.7 Å². The van der Waals surface area contributed by atoms with E-state index in [0.29, 0.717) is 18.1 Å². The first-order chi connectivity index (χ1) is 11.5. The summed E-state index contributed by atoms with van der Waals surface area (Å²) in [6.07, 6.45) is 3.36. The smallest absolute Gasteiger partial charge is 0.308 e. The number of esters is 1. The highest BCUT2D eigenvalue weighted by Gasteiger charge is 2.13. The van der Waals surface area contributed by atoms with E-state index in [1.165, 1.54) is 0 Å². The van der Waals surface area contributed by atoms with Crippen LogP contribution in [0.4, 0.5) is 5.95 Å². The Hall–Kier alpha value is -2.76. The highest BCUT2D eigenvalue weighted by molar-refractivity contribution is 5.99. The lowest BCUT2D eigenvalue weighted by molar-refractivity contribution is -0.142. The van der Waals surface area contributed by atoms with Crippen molar-refractivity contribution >= 4 is 17.7 Å². The van der Waals surface area contributed by atoms with Crippen molar-refractivity contribution in [3.63, 3.8) is 0 Å². The molecule has 0 unspecified atom stereocenters. The van der Waals surface area contributed by atoms with E-state index < -0.39 is 5.97 Å². The van der Waals surface area contributed by atoms with Crippen LogP contribution in [0, 0.1) is 20.8 Å². The van der Waals surface area contributed by atoms with Crippen molar-refractivity contribution in [2.75, 3.05) is 18.5 Å². The number of aryl methyl sites for hydroxylation is 3. The highest BCUT2D eigenvalue weighted by Crippen LogP contribution is 2.16. The summed E-state index contributed by atoms with van der Waals surface area (Å²) in [5.74, 6) is -0.177. The first-order valence-electron chi connectivity index (χ1n) is 7.75. The van der Waals surface area contributed by atoms with Gasteiger partial charge in [0.15, 0.2) is 6.61 Å². The molecule has 0 aliphatic heterocycles. The summed E-state index contributed by atoms with van der Waals surface area (Å²) in [7, 11) is 0. The topological polar surface area (TPSA) is 81.2 Å². The van der Waals surface area contributed by atoms with Gasteiger partial charge in [0, 0.05) is 24.5 Å². The van der Waals surface area contributed by atoms with Crippen molar-refractivity contribution in [2.45, 2.75) is 27.2 Å². The average Bonchev–Trinajstić information content (AvgIpc) is 2.57. The minimum absolute atomic E-state index is 0.136. The molecular weight excluding hydrogens is 306 g/mol. The standard InChI is InChI=1S/C18H21N3O3/c1-12-9-14(3)15(10-13(12)2)16(22)11-24-17(23)5-8-21-18-19-6-4-7-20-18/h4,6-7,9-10H,5,8,11H2,1-3H3,(H,19,20,21). The number of aromatic nitrogens is 2. The van der Waals surface area contributed by atoms with Crippen LogP contribution in [0.15, 0.2) is 30.6 Å². The van der Waals surface area contributed by atoms with E-state index in [4.69, 9.17) is 4.74 Å². The number of nitrogens with one attached hydrogen (secondary N) is 1. The second-order valence-electron chi connectivity index (χ2n) is 5.58. The first kappa shape index (κ1) is 17.6. The van der Waals surface area contributed by atoms with Crippen LogP contribution in [0.25, 0.3) is 0 Å². The molecule has 0 bridgehead atoms. The predicted octanol–water partition coefficient (Wildman–Crippen LogP) is 2.63. The number of carbonyl (C=O) groups excluding carboxylic acids is 2. The Morgan fingerprint density at radius 1 is 1.04 bits per heavy atom. The molecule has 6 nitrogen and oxygen atoms in total. The molecule has 1 N–H and O–H groups in total. The third-order valence-electron chi connectivity index (χ3n) is 3.68. The number of anilines is 1. The fourth-order valence-corrected chi connectivity index (χ4v) is 2.22. The summed E-state index contributed by atoms with van der Waals surface area (Å²) in [5.41, 5.74) is 3.67. The lowest BCUT2D eigenvalue weighted by atomic mass is 9.98. The number of hydrogen-bond donors (Lipinski definition) is 1. The quantitative estimate of drug-likeness (QED) is 0.622. The molecule has 0 atom stereocenters. The molecule has 0 fully saturated rings. The maximum atomic E-state index is 12.2. The van der Waals surface area contributed by atoms with Gasteiger partial charge >= 0.3 is 5.97 Å². The van der Waals surface area contributed by atoms with E-state index in [2.05, 4.69) is 15.3 Å². The molecule has 1 heterocycles. The largest absolute Gasteiger partial charge is 0.457 e. The minimum atomic E-state index is -0.437. The fourth-order valence-electron chi connectivity index (χ4n) is 2.22. The monoisotopic (exact) mass is 327 g/mol. The lowest BCUT2D eigenvalue weighted by Gasteiger charge is -2.10. The van der Waals surface area contributed by atoms with Gasteiger partial charge in [0.25, 0.3) is 0 Å². The van der Waals surface area contributed by atoms with Crippen LogP contribution < -0.4 is 5.32 Å². The van der Waals surface area contributed by atoms with E-state index in [1.54, 1.807) is 18.5 Å². The van der Waals surface area contributed by atoms with Gasteiger partial charge in [-0.3, -0.25) is 9.59 Å². The van der Waals surface area contributed by atoms with Crippen molar-refractivity contribution in [1.82, 2.24) is 9.97 Å². The molecule has 1 aromatic heterocycles. The third kappa shape index (κ3) is 4.87. The molecule has 126 valence electrons. The number of ether oxygens (including phenoxy) is 1. The van der Waals surface area contributed by atoms with Crippen LogP contribution in [0.2, 0.25) is 0 Å². The first-order valence-corrected chi connectivity index (χ1v) is 7.75. The molecule has 24 heavy (non-hydrogen) atoms. The van der Waals surface area contributed by atoms with Crippen LogP contribution in [0.1, 0.15) is 33.5 Å². The van der Waals surface area contributed by atoms with E-state index in [1.807, 2.05) is 32.9 Å². The van der Waals surface area contributed by atoms with Crippen molar-refractivity contribution in [3.8, 4) is 0 Å². The number of carbonyl (C=O) groups is 2. The number of Topliss-reactive ketones (excluding diaryl/α,β-unsaturated/α-hetero) is 1. The zero-order valence-corrected chi connectivity index (χ0v) is 14.1.